The van der Waals surface area contributed by atoms with Gasteiger partial charge in [-0.1, -0.05) is 24.3 Å². The highest BCUT2D eigenvalue weighted by molar-refractivity contribution is 6.14. The average molecular weight is 392 g/mol. The van der Waals surface area contributed by atoms with Gasteiger partial charge in [0.05, 0.1) is 49.7 Å². The monoisotopic (exact) mass is 392 g/mol. The fourth-order valence-corrected chi connectivity index (χ4v) is 2.67. The van der Waals surface area contributed by atoms with Gasteiger partial charge in [0.15, 0.2) is 0 Å². The number of carbonyl (C=O) groups is 3. The number of nitrogens with two attached hydrogens (primary N) is 1. The Morgan fingerprint density at radius 2 is 1.50 bits per heavy atom. The fourth-order valence-electron chi connectivity index (χ4n) is 2.67. The number of fused-ring (bicyclic) bond motifs is 1. The van der Waals surface area contributed by atoms with Crippen molar-refractivity contribution in [1.82, 2.24) is 5.48 Å². The number of nitrogens with one attached hydrogen (secondary N) is 1. The average Bonchev–Trinajstić information content (AvgIpc) is 2.78. The van der Waals surface area contributed by atoms with E-state index in [1.165, 1.54) is 24.3 Å². The summed E-state index contributed by atoms with van der Waals surface area (Å²) in [5.74, 6) is -3.13. The minimum absolute atomic E-state index is 0.0743. The van der Waals surface area contributed by atoms with E-state index in [2.05, 4.69) is 5.48 Å². The number of hydrogen-bond acceptors (Lipinski definition) is 7. The molecule has 0 aliphatic heterocycles. The van der Waals surface area contributed by atoms with Gasteiger partial charge in [-0.05, 0) is 16.7 Å². The zero-order valence-corrected chi connectivity index (χ0v) is 14.8. The maximum Gasteiger partial charge on any atom is 0.338 e. The highest BCUT2D eigenvalue weighted by Crippen LogP contribution is 2.38. The van der Waals surface area contributed by atoms with Crippen LogP contribution < -0.4 is 11.2 Å². The van der Waals surface area contributed by atoms with Crippen LogP contribution in [-0.2, 0) is 20.8 Å². The van der Waals surface area contributed by atoms with Gasteiger partial charge in [-0.2, -0.15) is 0 Å². The second-order valence-electron chi connectivity index (χ2n) is 5.73. The Labute approximate surface area is 159 Å². The van der Waals surface area contributed by atoms with Gasteiger partial charge in [-0.3, -0.25) is 9.63 Å². The van der Waals surface area contributed by atoms with Gasteiger partial charge in [0.1, 0.15) is 0 Å². The van der Waals surface area contributed by atoms with Crippen molar-refractivity contribution in [2.75, 3.05) is 32.2 Å². The van der Waals surface area contributed by atoms with E-state index in [-0.39, 0.29) is 60.8 Å². The molecule has 10 nitrogen and oxygen atoms in total. The summed E-state index contributed by atoms with van der Waals surface area (Å²) < 4.78 is 4.97. The molecule has 28 heavy (non-hydrogen) atoms. The lowest BCUT2D eigenvalue weighted by Gasteiger charge is -2.05. The molecule has 1 amide bonds. The van der Waals surface area contributed by atoms with Crippen molar-refractivity contribution < 1.29 is 39.3 Å². The van der Waals surface area contributed by atoms with E-state index in [9.17, 15) is 24.6 Å². The second kappa shape index (κ2) is 9.65. The first kappa shape index (κ1) is 21.1. The van der Waals surface area contributed by atoms with E-state index in [4.69, 9.17) is 20.4 Å². The topological polar surface area (TPSA) is 168 Å². The lowest BCUT2D eigenvalue weighted by molar-refractivity contribution is -0.134. The molecular weight excluding hydrogens is 372 g/mol. The summed E-state index contributed by atoms with van der Waals surface area (Å²) in [6.07, 6.45) is -0.0743. The number of hydrogen-bond donors (Lipinski definition) is 5. The number of carbonyl (C=O) groups excluding carboxylic acids is 1. The summed E-state index contributed by atoms with van der Waals surface area (Å²) in [4.78, 5) is 39.8. The van der Waals surface area contributed by atoms with Gasteiger partial charge in [0, 0.05) is 0 Å². The molecule has 0 aromatic rings. The maximum absolute atomic E-state index is 11.9. The van der Waals surface area contributed by atoms with Crippen molar-refractivity contribution in [2.24, 2.45) is 0 Å². The molecule has 0 fully saturated rings. The highest BCUT2D eigenvalue weighted by atomic mass is 16.7. The lowest BCUT2D eigenvalue weighted by Crippen LogP contribution is -2.27. The molecule has 2 rings (SSSR count). The first-order valence-corrected chi connectivity index (χ1v) is 8.26. The molecule has 150 valence electrons. The fraction of sp³-hybridized carbons (Fsp3) is 0.278. The van der Waals surface area contributed by atoms with Gasteiger partial charge in [-0.25, -0.2) is 15.1 Å². The third kappa shape index (κ3) is 4.94. The number of nitrogen functional groups attached to an aromatic ring is 1. The SMILES string of the molecule is Nc1c(C(=O)O)c2ccc(CC(=O)NOCCOCCO)ccc-2c1C(=O)O. The van der Waals surface area contributed by atoms with Gasteiger partial charge in [0.25, 0.3) is 0 Å². The highest BCUT2D eigenvalue weighted by Gasteiger charge is 2.28. The maximum atomic E-state index is 11.9. The number of aliphatic hydroxyl groups excluding tert-OH is 1. The van der Waals surface area contributed by atoms with E-state index < -0.39 is 17.8 Å². The van der Waals surface area contributed by atoms with Crippen LogP contribution in [0.25, 0.3) is 11.1 Å². The number of anilines is 1. The van der Waals surface area contributed by atoms with Crippen LogP contribution >= 0.6 is 0 Å². The molecule has 2 aliphatic rings. The van der Waals surface area contributed by atoms with Crippen LogP contribution in [0.1, 0.15) is 26.3 Å². The quantitative estimate of drug-likeness (QED) is 0.283. The molecule has 0 spiro atoms. The molecule has 0 heterocycles. The number of amides is 1. The Morgan fingerprint density at radius 3 is 2.00 bits per heavy atom. The molecule has 2 aliphatic carbocycles. The molecule has 6 N–H and O–H groups in total. The lowest BCUT2D eigenvalue weighted by atomic mass is 10.1. The number of carboxylic acid groups (broad SMARTS) is 2. The Kier molecular flexibility index (Phi) is 7.27. The largest absolute Gasteiger partial charge is 0.478 e. The number of hydroxylamine groups is 1. The summed E-state index contributed by atoms with van der Waals surface area (Å²) in [6, 6.07) is 5.88. The minimum atomic E-state index is -1.34. The van der Waals surface area contributed by atoms with Crippen molar-refractivity contribution in [1.29, 1.82) is 0 Å². The summed E-state index contributed by atoms with van der Waals surface area (Å²) in [5, 5.41) is 27.3. The summed E-state index contributed by atoms with van der Waals surface area (Å²) in [5.41, 5.74) is 7.92. The molecule has 0 aromatic carbocycles. The molecule has 0 bridgehead atoms. The van der Waals surface area contributed by atoms with E-state index in [1.807, 2.05) is 0 Å². The van der Waals surface area contributed by atoms with Crippen LogP contribution in [-0.4, -0.2) is 59.6 Å². The zero-order valence-electron chi connectivity index (χ0n) is 14.8. The van der Waals surface area contributed by atoms with E-state index in [1.54, 1.807) is 0 Å². The summed E-state index contributed by atoms with van der Waals surface area (Å²) >= 11 is 0. The molecule has 0 aromatic heterocycles. The molecule has 0 saturated heterocycles. The molecule has 0 saturated carbocycles. The Bertz CT molecular complexity index is 800. The van der Waals surface area contributed by atoms with Gasteiger partial charge in [0.2, 0.25) is 5.91 Å². The standard InChI is InChI=1S/C18H20N2O8/c19-16-14(17(23)24)11-3-1-10(2-4-12(11)15(16)18(25)26)9-13(22)20-28-8-7-27-6-5-21/h1-4,21H,5-9,19H2,(H,20,22)(H,23,24)(H,25,26). The number of aliphatic hydroxyl groups is 1. The number of ether oxygens (including phenoxy) is 1. The van der Waals surface area contributed by atoms with Crippen molar-refractivity contribution in [3.63, 3.8) is 0 Å². The molecule has 0 radical (unpaired) electrons. The van der Waals surface area contributed by atoms with Crippen molar-refractivity contribution in [2.45, 2.75) is 6.42 Å². The molecular formula is C18H20N2O8. The van der Waals surface area contributed by atoms with E-state index in [0.29, 0.717) is 5.56 Å². The first-order chi connectivity index (χ1) is 13.4. The van der Waals surface area contributed by atoms with E-state index in [0.717, 1.165) is 0 Å². The van der Waals surface area contributed by atoms with Crippen LogP contribution in [0.2, 0.25) is 0 Å². The van der Waals surface area contributed by atoms with Crippen molar-refractivity contribution in [3.05, 3.63) is 41.0 Å². The molecule has 0 unspecified atom stereocenters. The third-order valence-corrected chi connectivity index (χ3v) is 3.84. The van der Waals surface area contributed by atoms with Crippen LogP contribution in [0.4, 0.5) is 5.69 Å². The number of aromatic carboxylic acids is 2. The number of carboxylic acids is 2. The van der Waals surface area contributed by atoms with E-state index >= 15 is 0 Å². The van der Waals surface area contributed by atoms with Gasteiger partial charge < -0.3 is 25.8 Å². The van der Waals surface area contributed by atoms with Crippen LogP contribution in [0.5, 0.6) is 0 Å². The zero-order chi connectivity index (χ0) is 20.7. The third-order valence-electron chi connectivity index (χ3n) is 3.84. The van der Waals surface area contributed by atoms with Crippen LogP contribution in [0, 0.1) is 0 Å². The molecule has 10 heteroatoms. The van der Waals surface area contributed by atoms with Gasteiger partial charge in [-0.15, -0.1) is 0 Å². The Hall–Kier alpha value is -3.21. The Balaban J connectivity index is 2.14. The summed E-state index contributed by atoms with van der Waals surface area (Å²) in [7, 11) is 0. The predicted octanol–water partition coefficient (Wildman–Crippen LogP) is 0.369. The second-order valence-corrected chi connectivity index (χ2v) is 5.73. The Morgan fingerprint density at radius 1 is 0.929 bits per heavy atom. The van der Waals surface area contributed by atoms with Crippen molar-refractivity contribution in [3.8, 4) is 11.1 Å². The summed E-state index contributed by atoms with van der Waals surface area (Å²) in [6.45, 7) is 0.376. The minimum Gasteiger partial charge on any atom is -0.478 e. The predicted molar refractivity (Wildman–Crippen MR) is 97.1 cm³/mol. The van der Waals surface area contributed by atoms with Crippen LogP contribution in [0.3, 0.4) is 0 Å². The van der Waals surface area contributed by atoms with Crippen LogP contribution in [0.15, 0.2) is 24.3 Å². The smallest absolute Gasteiger partial charge is 0.338 e. The molecule has 0 atom stereocenters. The van der Waals surface area contributed by atoms with Crippen molar-refractivity contribution >= 4 is 23.5 Å². The normalized spacial score (nSPS) is 10.8. The number of rotatable bonds is 10. The van der Waals surface area contributed by atoms with Gasteiger partial charge >= 0.3 is 11.9 Å². The first-order valence-electron chi connectivity index (χ1n) is 8.26.